The number of aliphatic carboxylic acids is 1. The number of allylic oxidation sites excluding steroid dienone is 1. The van der Waals surface area contributed by atoms with E-state index in [0.717, 1.165) is 31.3 Å². The van der Waals surface area contributed by atoms with E-state index in [9.17, 15) is 27.9 Å². The molecule has 5 rings (SSSR count). The van der Waals surface area contributed by atoms with Crippen LogP contribution in [0.3, 0.4) is 0 Å². The number of nitrogens with zero attached hydrogens (tertiary/aromatic N) is 1. The van der Waals surface area contributed by atoms with Crippen molar-refractivity contribution in [1.29, 1.82) is 0 Å². The molecule has 2 aromatic rings. The second-order valence-corrected chi connectivity index (χ2v) is 10.0. The maximum atomic E-state index is 14.1. The molecule has 5 nitrogen and oxygen atoms in total. The number of carbonyl (C=O) groups excluding carboxylic acids is 1. The van der Waals surface area contributed by atoms with Gasteiger partial charge in [-0.2, -0.15) is 13.2 Å². The number of rotatable bonds is 4. The summed E-state index contributed by atoms with van der Waals surface area (Å²) >= 11 is 0. The van der Waals surface area contributed by atoms with Crippen LogP contribution in [0.25, 0.3) is 10.8 Å². The molecular formula is C27H28F3NO4. The van der Waals surface area contributed by atoms with E-state index in [1.807, 2.05) is 0 Å². The highest BCUT2D eigenvalue weighted by atomic mass is 19.4. The first-order valence-corrected chi connectivity index (χ1v) is 12.1. The first kappa shape index (κ1) is 23.7. The zero-order chi connectivity index (χ0) is 24.9. The zero-order valence-corrected chi connectivity index (χ0v) is 19.3. The lowest BCUT2D eigenvalue weighted by Crippen LogP contribution is -2.47. The van der Waals surface area contributed by atoms with Crippen LogP contribution in [0.2, 0.25) is 0 Å². The summed E-state index contributed by atoms with van der Waals surface area (Å²) in [7, 11) is 0. The SMILES string of the molecule is C=C1CCC(Oc2ccc3cc(C(=O)N4C5CCC4CC(C(=O)O)C5)ccc3c2C(F)(F)F)CC1. The predicted octanol–water partition coefficient (Wildman–Crippen LogP) is 6.20. The minimum atomic E-state index is -4.61. The number of alkyl halides is 3. The molecule has 0 aromatic heterocycles. The predicted molar refractivity (Wildman–Crippen MR) is 124 cm³/mol. The van der Waals surface area contributed by atoms with Crippen molar-refractivity contribution < 1.29 is 32.6 Å². The average molecular weight is 488 g/mol. The van der Waals surface area contributed by atoms with Gasteiger partial charge < -0.3 is 14.7 Å². The Kier molecular flexibility index (Phi) is 6.01. The third-order valence-corrected chi connectivity index (χ3v) is 7.76. The molecule has 2 unspecified atom stereocenters. The molecule has 2 heterocycles. The molecule has 2 aliphatic heterocycles. The number of carboxylic acids is 1. The third-order valence-electron chi connectivity index (χ3n) is 7.76. The van der Waals surface area contributed by atoms with Crippen LogP contribution >= 0.6 is 0 Å². The van der Waals surface area contributed by atoms with E-state index in [-0.39, 0.29) is 35.2 Å². The largest absolute Gasteiger partial charge is 0.490 e. The van der Waals surface area contributed by atoms with Gasteiger partial charge in [0.2, 0.25) is 0 Å². The summed E-state index contributed by atoms with van der Waals surface area (Å²) in [6.45, 7) is 3.94. The lowest BCUT2D eigenvalue weighted by atomic mass is 9.90. The Hall–Kier alpha value is -3.03. The molecule has 1 amide bonds. The Labute approximate surface area is 201 Å². The van der Waals surface area contributed by atoms with Gasteiger partial charge >= 0.3 is 12.1 Å². The van der Waals surface area contributed by atoms with Gasteiger partial charge in [-0.1, -0.05) is 24.3 Å². The van der Waals surface area contributed by atoms with Gasteiger partial charge in [0.05, 0.1) is 12.0 Å². The normalized spacial score (nSPS) is 25.2. The molecule has 3 aliphatic rings. The lowest BCUT2D eigenvalue weighted by molar-refractivity contribution is -0.144. The fraction of sp³-hybridized carbons (Fsp3) is 0.481. The van der Waals surface area contributed by atoms with Gasteiger partial charge in [0.25, 0.3) is 5.91 Å². The van der Waals surface area contributed by atoms with Crippen LogP contribution in [0.5, 0.6) is 5.75 Å². The molecule has 0 radical (unpaired) electrons. The smallest absolute Gasteiger partial charge is 0.420 e. The molecule has 2 bridgehead atoms. The van der Waals surface area contributed by atoms with E-state index < -0.39 is 23.6 Å². The van der Waals surface area contributed by atoms with Crippen molar-refractivity contribution in [1.82, 2.24) is 4.90 Å². The highest BCUT2D eigenvalue weighted by molar-refractivity contribution is 6.00. The molecule has 3 fully saturated rings. The second-order valence-electron chi connectivity index (χ2n) is 10.0. The van der Waals surface area contributed by atoms with Gasteiger partial charge in [-0.3, -0.25) is 9.59 Å². The second kappa shape index (κ2) is 8.88. The quantitative estimate of drug-likeness (QED) is 0.521. The Balaban J connectivity index is 1.44. The van der Waals surface area contributed by atoms with Crippen molar-refractivity contribution in [2.75, 3.05) is 0 Å². The lowest BCUT2D eigenvalue weighted by Gasteiger charge is -2.37. The summed E-state index contributed by atoms with van der Waals surface area (Å²) in [6, 6.07) is 6.93. The highest BCUT2D eigenvalue weighted by Gasteiger charge is 2.45. The van der Waals surface area contributed by atoms with E-state index in [2.05, 4.69) is 6.58 Å². The van der Waals surface area contributed by atoms with Crippen molar-refractivity contribution in [3.63, 3.8) is 0 Å². The van der Waals surface area contributed by atoms with Gasteiger partial charge in [-0.25, -0.2) is 0 Å². The number of amides is 1. The van der Waals surface area contributed by atoms with E-state index in [1.165, 1.54) is 24.3 Å². The molecular weight excluding hydrogens is 459 g/mol. The van der Waals surface area contributed by atoms with E-state index in [4.69, 9.17) is 4.74 Å². The molecule has 2 atom stereocenters. The fourth-order valence-electron chi connectivity index (χ4n) is 5.99. The summed E-state index contributed by atoms with van der Waals surface area (Å²) in [4.78, 5) is 26.5. The zero-order valence-electron chi connectivity index (χ0n) is 19.3. The van der Waals surface area contributed by atoms with Crippen molar-refractivity contribution in [2.45, 2.75) is 75.7 Å². The van der Waals surface area contributed by atoms with Gasteiger partial charge in [-0.15, -0.1) is 0 Å². The van der Waals surface area contributed by atoms with Gasteiger partial charge in [0.15, 0.2) is 0 Å². The van der Waals surface area contributed by atoms with Crippen LogP contribution in [0.4, 0.5) is 13.2 Å². The van der Waals surface area contributed by atoms with Crippen LogP contribution in [0.1, 0.15) is 67.3 Å². The van der Waals surface area contributed by atoms with Crippen molar-refractivity contribution in [3.05, 3.63) is 53.6 Å². The minimum Gasteiger partial charge on any atom is -0.490 e. The van der Waals surface area contributed by atoms with Crippen molar-refractivity contribution in [2.24, 2.45) is 5.92 Å². The summed E-state index contributed by atoms with van der Waals surface area (Å²) in [5, 5.41) is 9.70. The van der Waals surface area contributed by atoms with Crippen molar-refractivity contribution in [3.8, 4) is 5.75 Å². The number of halogens is 3. The number of hydrogen-bond acceptors (Lipinski definition) is 3. The number of carbonyl (C=O) groups is 2. The Morgan fingerprint density at radius 1 is 1.00 bits per heavy atom. The Morgan fingerprint density at radius 3 is 2.26 bits per heavy atom. The molecule has 1 saturated carbocycles. The monoisotopic (exact) mass is 487 g/mol. The van der Waals surface area contributed by atoms with Crippen LogP contribution in [-0.2, 0) is 11.0 Å². The Morgan fingerprint density at radius 2 is 1.66 bits per heavy atom. The number of piperidine rings is 1. The summed E-state index contributed by atoms with van der Waals surface area (Å²) in [5.41, 5.74) is 0.591. The van der Waals surface area contributed by atoms with Gasteiger partial charge in [-0.05, 0) is 80.3 Å². The molecule has 2 saturated heterocycles. The van der Waals surface area contributed by atoms with Crippen LogP contribution in [0.15, 0.2) is 42.5 Å². The van der Waals surface area contributed by atoms with Crippen LogP contribution in [0, 0.1) is 5.92 Å². The highest BCUT2D eigenvalue weighted by Crippen LogP contribution is 2.44. The number of hydrogen-bond donors (Lipinski definition) is 1. The third kappa shape index (κ3) is 4.50. The van der Waals surface area contributed by atoms with Gasteiger partial charge in [0, 0.05) is 17.6 Å². The minimum absolute atomic E-state index is 0.000624. The molecule has 1 N–H and O–H groups in total. The maximum Gasteiger partial charge on any atom is 0.420 e. The number of fused-ring (bicyclic) bond motifs is 3. The molecule has 186 valence electrons. The first-order valence-electron chi connectivity index (χ1n) is 12.1. The molecule has 35 heavy (non-hydrogen) atoms. The van der Waals surface area contributed by atoms with Gasteiger partial charge in [0.1, 0.15) is 11.3 Å². The summed E-state index contributed by atoms with van der Waals surface area (Å²) in [5.74, 6) is -1.73. The van der Waals surface area contributed by atoms with E-state index >= 15 is 0 Å². The Bertz CT molecular complexity index is 1170. The molecule has 8 heteroatoms. The van der Waals surface area contributed by atoms with E-state index in [1.54, 1.807) is 11.0 Å². The summed E-state index contributed by atoms with van der Waals surface area (Å²) < 4.78 is 48.2. The van der Waals surface area contributed by atoms with Crippen molar-refractivity contribution >= 4 is 22.6 Å². The van der Waals surface area contributed by atoms with E-state index in [0.29, 0.717) is 36.6 Å². The molecule has 1 aliphatic carbocycles. The van der Waals surface area contributed by atoms with Crippen LogP contribution < -0.4 is 4.74 Å². The first-order chi connectivity index (χ1) is 16.6. The number of carboxylic acid groups (broad SMARTS) is 1. The topological polar surface area (TPSA) is 66.8 Å². The summed E-state index contributed by atoms with van der Waals surface area (Å²) in [6.07, 6.45) is 0.207. The fourth-order valence-corrected chi connectivity index (χ4v) is 5.99. The molecule has 2 aromatic carbocycles. The maximum absolute atomic E-state index is 14.1. The number of benzene rings is 2. The molecule has 0 spiro atoms. The standard InChI is InChI=1S/C27H28F3NO4/c1-15-2-8-21(9-3-15)35-23-11-5-16-12-17(4-10-22(16)24(23)27(28,29)30)25(32)31-19-6-7-20(31)14-18(13-19)26(33)34/h4-5,10-12,18-21H,1-3,6-9,13-14H2,(H,33,34). The number of ether oxygens (including phenoxy) is 1. The average Bonchev–Trinajstić information content (AvgIpc) is 3.07. The van der Waals surface area contributed by atoms with Crippen LogP contribution in [-0.4, -0.2) is 40.1 Å².